The topological polar surface area (TPSA) is 77.5 Å². The molecular weight excluding hydrogens is 563 g/mol. The van der Waals surface area contributed by atoms with Crippen LogP contribution in [0.1, 0.15) is 23.1 Å². The van der Waals surface area contributed by atoms with Gasteiger partial charge >= 0.3 is 0 Å². The number of methoxy groups -OCH3 is 1. The molecule has 8 heteroatoms. The summed E-state index contributed by atoms with van der Waals surface area (Å²) in [5.41, 5.74) is 4.46. The summed E-state index contributed by atoms with van der Waals surface area (Å²) in [6.07, 6.45) is 2.58. The number of pyridine rings is 1. The minimum atomic E-state index is -0.574. The molecular formula is C35H33FN2O4S. The Hall–Kier alpha value is -4.24. The van der Waals surface area contributed by atoms with Crippen LogP contribution in [-0.2, 0) is 33.6 Å². The van der Waals surface area contributed by atoms with Gasteiger partial charge in [0.25, 0.3) is 0 Å². The zero-order chi connectivity index (χ0) is 30.0. The number of rotatable bonds is 15. The van der Waals surface area contributed by atoms with Gasteiger partial charge in [0.2, 0.25) is 0 Å². The van der Waals surface area contributed by atoms with E-state index in [1.165, 1.54) is 29.0 Å². The van der Waals surface area contributed by atoms with Crippen molar-refractivity contribution in [3.05, 3.63) is 114 Å². The van der Waals surface area contributed by atoms with Crippen molar-refractivity contribution in [2.45, 2.75) is 25.7 Å². The summed E-state index contributed by atoms with van der Waals surface area (Å²) in [4.78, 5) is 30.3. The summed E-state index contributed by atoms with van der Waals surface area (Å²) >= 11 is 1.54. The monoisotopic (exact) mass is 596 g/mol. The second kappa shape index (κ2) is 14.8. The van der Waals surface area contributed by atoms with Crippen molar-refractivity contribution in [3.63, 3.8) is 0 Å². The van der Waals surface area contributed by atoms with Gasteiger partial charge in [0.05, 0.1) is 23.2 Å². The smallest absolute Gasteiger partial charge is 0.166 e. The predicted molar refractivity (Wildman–Crippen MR) is 168 cm³/mol. The summed E-state index contributed by atoms with van der Waals surface area (Å²) in [6.45, 7) is 2.42. The van der Waals surface area contributed by atoms with Gasteiger partial charge in [-0.25, -0.2) is 4.39 Å². The first-order chi connectivity index (χ1) is 21.0. The van der Waals surface area contributed by atoms with Gasteiger partial charge in [-0.05, 0) is 53.4 Å². The van der Waals surface area contributed by atoms with E-state index in [1.54, 1.807) is 25.4 Å². The molecule has 2 heterocycles. The van der Waals surface area contributed by atoms with Crippen LogP contribution in [0.3, 0.4) is 0 Å². The third-order valence-corrected chi connectivity index (χ3v) is 8.13. The summed E-state index contributed by atoms with van der Waals surface area (Å²) in [5, 5.41) is 3.36. The van der Waals surface area contributed by atoms with Crippen molar-refractivity contribution in [2.24, 2.45) is 0 Å². The lowest BCUT2D eigenvalue weighted by molar-refractivity contribution is -0.126. The molecule has 0 saturated heterocycles. The van der Waals surface area contributed by atoms with Crippen LogP contribution in [-0.4, -0.2) is 43.4 Å². The van der Waals surface area contributed by atoms with Crippen LogP contribution in [0.5, 0.6) is 11.5 Å². The Bertz CT molecular complexity index is 1690. The average Bonchev–Trinajstić information content (AvgIpc) is 3.45. The van der Waals surface area contributed by atoms with E-state index in [1.807, 2.05) is 36.4 Å². The highest BCUT2D eigenvalue weighted by Crippen LogP contribution is 2.39. The maximum atomic E-state index is 15.1. The normalized spacial score (nSPS) is 11.1. The molecule has 0 amide bonds. The Kier molecular flexibility index (Phi) is 10.4. The van der Waals surface area contributed by atoms with Gasteiger partial charge in [-0.1, -0.05) is 60.7 Å². The molecule has 0 bridgehead atoms. The van der Waals surface area contributed by atoms with Gasteiger partial charge in [-0.2, -0.15) is 0 Å². The number of hydrogen-bond donors (Lipinski definition) is 1. The number of carbonyl (C=O) groups excluding carboxylic acids is 2. The quantitative estimate of drug-likeness (QED) is 0.104. The molecule has 2 aromatic heterocycles. The van der Waals surface area contributed by atoms with E-state index >= 15 is 4.39 Å². The fourth-order valence-electron chi connectivity index (χ4n) is 4.76. The Morgan fingerprint density at radius 2 is 1.58 bits per heavy atom. The van der Waals surface area contributed by atoms with Gasteiger partial charge in [0, 0.05) is 43.6 Å². The third-order valence-electron chi connectivity index (χ3n) is 6.94. The number of aromatic nitrogens is 1. The van der Waals surface area contributed by atoms with E-state index in [-0.39, 0.29) is 36.6 Å². The Balaban J connectivity index is 1.21. The summed E-state index contributed by atoms with van der Waals surface area (Å²) in [5.74, 6) is -0.412. The van der Waals surface area contributed by atoms with Crippen LogP contribution in [0.25, 0.3) is 20.7 Å². The van der Waals surface area contributed by atoms with E-state index in [2.05, 4.69) is 34.6 Å². The third kappa shape index (κ3) is 8.41. The number of hydrogen-bond acceptors (Lipinski definition) is 7. The summed E-state index contributed by atoms with van der Waals surface area (Å²) < 4.78 is 26.9. The number of nitrogens with one attached hydrogen (secondary N) is 1. The number of ketones is 2. The lowest BCUT2D eigenvalue weighted by Gasteiger charge is -2.09. The summed E-state index contributed by atoms with van der Waals surface area (Å²) in [6, 6.07) is 26.0. The second-order valence-corrected chi connectivity index (χ2v) is 11.3. The number of nitrogens with zero attached hydrogens (tertiary/aromatic N) is 1. The van der Waals surface area contributed by atoms with Gasteiger partial charge in [-0.15, -0.1) is 11.3 Å². The van der Waals surface area contributed by atoms with Crippen LogP contribution in [0.2, 0.25) is 0 Å². The molecule has 1 N–H and O–H groups in total. The molecule has 5 rings (SSSR count). The summed E-state index contributed by atoms with van der Waals surface area (Å²) in [7, 11) is 1.70. The minimum Gasteiger partial charge on any atom is -0.453 e. The number of halogens is 1. The fraction of sp³-hybridized carbons (Fsp3) is 0.229. The maximum absolute atomic E-state index is 15.1. The van der Waals surface area contributed by atoms with E-state index in [9.17, 15) is 9.59 Å². The Morgan fingerprint density at radius 1 is 0.837 bits per heavy atom. The highest BCUT2D eigenvalue weighted by molar-refractivity contribution is 7.22. The first kappa shape index (κ1) is 30.2. The molecule has 0 spiro atoms. The molecule has 0 fully saturated rings. The van der Waals surface area contributed by atoms with Gasteiger partial charge in [0.15, 0.2) is 11.6 Å². The average molecular weight is 597 g/mol. The van der Waals surface area contributed by atoms with Gasteiger partial charge in [-0.3, -0.25) is 14.6 Å². The molecule has 0 atom stereocenters. The number of carbonyl (C=O) groups is 2. The SMILES string of the molecule is COCCNCCc1ccc(-c2cc3nccc(Oc4ccc(CC(=O)CC(=O)Cc5ccccc5)cc4F)c3s2)cc1. The standard InChI is InChI=1S/C35H33FN2O4S/c1-41-18-17-37-15-13-24-7-10-27(11-8-24)34-23-31-35(43-34)33(14-16-38-31)42-32-12-9-26(21-30(32)36)20-29(40)22-28(39)19-25-5-3-2-4-6-25/h2-12,14,16,21,23,37H,13,15,17-20,22H2,1H3. The van der Waals surface area contributed by atoms with E-state index in [4.69, 9.17) is 9.47 Å². The van der Waals surface area contributed by atoms with Crippen LogP contribution >= 0.6 is 11.3 Å². The molecule has 3 aromatic carbocycles. The number of benzene rings is 3. The van der Waals surface area contributed by atoms with Gasteiger partial charge < -0.3 is 14.8 Å². The minimum absolute atomic E-state index is 0.0192. The first-order valence-corrected chi connectivity index (χ1v) is 15.0. The van der Waals surface area contributed by atoms with Crippen molar-refractivity contribution in [1.82, 2.24) is 10.3 Å². The van der Waals surface area contributed by atoms with Crippen LogP contribution in [0, 0.1) is 5.82 Å². The molecule has 220 valence electrons. The Labute approximate surface area is 254 Å². The van der Waals surface area contributed by atoms with Crippen LogP contribution in [0.15, 0.2) is 91.1 Å². The zero-order valence-corrected chi connectivity index (χ0v) is 24.8. The second-order valence-electron chi connectivity index (χ2n) is 10.3. The van der Waals surface area contributed by atoms with Crippen LogP contribution in [0.4, 0.5) is 4.39 Å². The lowest BCUT2D eigenvalue weighted by atomic mass is 10.0. The molecule has 43 heavy (non-hydrogen) atoms. The highest BCUT2D eigenvalue weighted by atomic mass is 32.1. The van der Waals surface area contributed by atoms with Crippen molar-refractivity contribution < 1.29 is 23.5 Å². The Morgan fingerprint density at radius 3 is 2.33 bits per heavy atom. The largest absolute Gasteiger partial charge is 0.453 e. The fourth-order valence-corrected chi connectivity index (χ4v) is 5.83. The molecule has 0 aliphatic carbocycles. The molecule has 6 nitrogen and oxygen atoms in total. The molecule has 0 unspecified atom stereocenters. The maximum Gasteiger partial charge on any atom is 0.166 e. The van der Waals surface area contributed by atoms with Gasteiger partial charge in [0.1, 0.15) is 17.3 Å². The first-order valence-electron chi connectivity index (χ1n) is 14.2. The molecule has 5 aromatic rings. The number of ether oxygens (including phenoxy) is 2. The zero-order valence-electron chi connectivity index (χ0n) is 24.0. The number of thiophene rings is 1. The van der Waals surface area contributed by atoms with Crippen molar-refractivity contribution in [1.29, 1.82) is 0 Å². The lowest BCUT2D eigenvalue weighted by Crippen LogP contribution is -2.21. The van der Waals surface area contributed by atoms with Crippen molar-refractivity contribution in [2.75, 3.05) is 26.8 Å². The predicted octanol–water partition coefficient (Wildman–Crippen LogP) is 6.99. The van der Waals surface area contributed by atoms with E-state index < -0.39 is 5.82 Å². The number of Topliss-reactive ketones (excluding diaryl/α,β-unsaturated/α-hetero) is 2. The molecule has 0 aliphatic rings. The van der Waals surface area contributed by atoms with Crippen molar-refractivity contribution >= 4 is 33.1 Å². The molecule has 0 radical (unpaired) electrons. The number of fused-ring (bicyclic) bond motifs is 1. The van der Waals surface area contributed by atoms with Crippen molar-refractivity contribution in [3.8, 4) is 21.9 Å². The van der Waals surface area contributed by atoms with E-state index in [0.29, 0.717) is 17.9 Å². The van der Waals surface area contributed by atoms with E-state index in [0.717, 1.165) is 45.7 Å². The highest BCUT2D eigenvalue weighted by Gasteiger charge is 2.15. The van der Waals surface area contributed by atoms with Crippen LogP contribution < -0.4 is 10.1 Å². The molecule has 0 saturated carbocycles. The molecule has 0 aliphatic heterocycles.